The van der Waals surface area contributed by atoms with E-state index < -0.39 is 24.4 Å². The third-order valence-electron chi connectivity index (χ3n) is 10.9. The average molecular weight is 800 g/mol. The normalized spacial score (nSPS) is 15.0. The molecule has 8 nitrogen and oxygen atoms in total. The zero-order valence-electron chi connectivity index (χ0n) is 34.1. The molecule has 0 saturated carbocycles. The quantitative estimate of drug-likeness (QED) is 0.0552. The lowest BCUT2D eigenvalue weighted by molar-refractivity contribution is 0.106. The highest BCUT2D eigenvalue weighted by atomic mass is 32.2. The van der Waals surface area contributed by atoms with Crippen LogP contribution in [0.3, 0.4) is 0 Å². The lowest BCUT2D eigenvalue weighted by atomic mass is 10.1. The Balaban J connectivity index is 1.00. The van der Waals surface area contributed by atoms with Gasteiger partial charge in [-0.2, -0.15) is 0 Å². The predicted molar refractivity (Wildman–Crippen MR) is 235 cm³/mol. The van der Waals surface area contributed by atoms with Crippen molar-refractivity contribution in [3.05, 3.63) is 115 Å². The summed E-state index contributed by atoms with van der Waals surface area (Å²) in [6, 6.07) is 37.7. The van der Waals surface area contributed by atoms with E-state index in [9.17, 15) is 13.5 Å². The Labute approximate surface area is 338 Å². The van der Waals surface area contributed by atoms with Gasteiger partial charge in [-0.25, -0.2) is 12.7 Å². The molecular formula is C46H65N3O5SSi. The maximum Gasteiger partial charge on any atom is 0.319 e. The van der Waals surface area contributed by atoms with Crippen molar-refractivity contribution in [1.29, 1.82) is 0 Å². The molecule has 10 heteroatoms. The standard InChI is InChI=1S/C46H65N3O5SSi/c1-5-6-7-8-9-16-35-55(51,52)49-33-30-40(31-34-49)48-39-23-21-38(22-24-39)29-32-47-36-41(50)37-53-42-25-27-43(28-26-42)54-56(46(2,3)4,44-17-12-10-13-18-44)45-19-14-11-15-20-45/h10-15,17-28,40-41,47-48,50H,5-9,16,29-37H2,1-4H3. The summed E-state index contributed by atoms with van der Waals surface area (Å²) in [5, 5.41) is 19.9. The Morgan fingerprint density at radius 3 is 1.95 bits per heavy atom. The predicted octanol–water partition coefficient (Wildman–Crippen LogP) is 7.76. The first kappa shape index (κ1) is 43.4. The monoisotopic (exact) mass is 799 g/mol. The van der Waals surface area contributed by atoms with Gasteiger partial charge in [0.2, 0.25) is 10.0 Å². The minimum Gasteiger partial charge on any atom is -0.534 e. The van der Waals surface area contributed by atoms with E-state index in [0.29, 0.717) is 25.4 Å². The number of aliphatic hydroxyl groups excluding tert-OH is 1. The van der Waals surface area contributed by atoms with E-state index in [2.05, 4.69) is 111 Å². The number of hydrogen-bond donors (Lipinski definition) is 3. The van der Waals surface area contributed by atoms with E-state index in [-0.39, 0.29) is 23.4 Å². The van der Waals surface area contributed by atoms with Crippen molar-refractivity contribution in [1.82, 2.24) is 9.62 Å². The van der Waals surface area contributed by atoms with E-state index >= 15 is 0 Å². The number of anilines is 1. The Morgan fingerprint density at radius 1 is 0.786 bits per heavy atom. The van der Waals surface area contributed by atoms with Crippen LogP contribution < -0.4 is 30.2 Å². The second-order valence-corrected chi connectivity index (χ2v) is 22.6. The number of nitrogens with one attached hydrogen (secondary N) is 2. The molecule has 4 aromatic carbocycles. The minimum atomic E-state index is -3.16. The van der Waals surface area contributed by atoms with Gasteiger partial charge in [0.1, 0.15) is 24.2 Å². The van der Waals surface area contributed by atoms with Crippen LogP contribution in [0.4, 0.5) is 5.69 Å². The van der Waals surface area contributed by atoms with E-state index in [1.807, 2.05) is 36.4 Å². The second kappa shape index (κ2) is 21.2. The lowest BCUT2D eigenvalue weighted by Gasteiger charge is -2.43. The van der Waals surface area contributed by atoms with Gasteiger partial charge in [0.25, 0.3) is 0 Å². The highest BCUT2D eigenvalue weighted by molar-refractivity contribution is 7.89. The van der Waals surface area contributed by atoms with Gasteiger partial charge in [-0.05, 0) is 89.6 Å². The van der Waals surface area contributed by atoms with Crippen molar-refractivity contribution in [2.45, 2.75) is 103 Å². The first-order valence-corrected chi connectivity index (χ1v) is 24.3. The fourth-order valence-corrected chi connectivity index (χ4v) is 13.7. The second-order valence-electron chi connectivity index (χ2n) is 16.3. The van der Waals surface area contributed by atoms with Crippen LogP contribution >= 0.6 is 0 Å². The summed E-state index contributed by atoms with van der Waals surface area (Å²) >= 11 is 0. The number of hydrogen-bond acceptors (Lipinski definition) is 7. The number of ether oxygens (including phenoxy) is 1. The largest absolute Gasteiger partial charge is 0.534 e. The van der Waals surface area contributed by atoms with Crippen LogP contribution in [-0.4, -0.2) is 76.8 Å². The molecule has 0 aliphatic carbocycles. The molecule has 0 aromatic heterocycles. The molecule has 1 fully saturated rings. The van der Waals surface area contributed by atoms with Gasteiger partial charge in [0, 0.05) is 31.4 Å². The summed E-state index contributed by atoms with van der Waals surface area (Å²) in [6.07, 6.45) is 8.35. The molecule has 1 atom stereocenters. The zero-order valence-corrected chi connectivity index (χ0v) is 35.9. The van der Waals surface area contributed by atoms with Crippen molar-refractivity contribution >= 4 is 34.4 Å². The number of rotatable bonds is 22. The van der Waals surface area contributed by atoms with Crippen molar-refractivity contribution in [2.24, 2.45) is 0 Å². The van der Waals surface area contributed by atoms with Crippen LogP contribution in [0.25, 0.3) is 0 Å². The molecule has 1 aliphatic rings. The van der Waals surface area contributed by atoms with E-state index in [1.54, 1.807) is 4.31 Å². The van der Waals surface area contributed by atoms with Crippen molar-refractivity contribution in [2.75, 3.05) is 43.9 Å². The fourth-order valence-electron chi connectivity index (χ4n) is 7.66. The first-order valence-electron chi connectivity index (χ1n) is 20.7. The summed E-state index contributed by atoms with van der Waals surface area (Å²) in [5.74, 6) is 1.76. The Bertz CT molecular complexity index is 1770. The van der Waals surface area contributed by atoms with Gasteiger partial charge in [0.15, 0.2) is 0 Å². The molecule has 1 saturated heterocycles. The maximum atomic E-state index is 12.8. The number of unbranched alkanes of at least 4 members (excludes halogenated alkanes) is 5. The molecule has 0 bridgehead atoms. The molecule has 3 N–H and O–H groups in total. The summed E-state index contributed by atoms with van der Waals surface area (Å²) in [5.41, 5.74) is 2.27. The number of nitrogens with zero attached hydrogens (tertiary/aromatic N) is 1. The minimum absolute atomic E-state index is 0.136. The summed E-state index contributed by atoms with van der Waals surface area (Å²) in [6.45, 7) is 11.5. The van der Waals surface area contributed by atoms with E-state index in [0.717, 1.165) is 56.5 Å². The van der Waals surface area contributed by atoms with Crippen molar-refractivity contribution in [3.8, 4) is 11.5 Å². The van der Waals surface area contributed by atoms with Gasteiger partial charge in [-0.1, -0.05) is 133 Å². The number of piperidine rings is 1. The third kappa shape index (κ3) is 12.4. The average Bonchev–Trinajstić information content (AvgIpc) is 3.20. The highest BCUT2D eigenvalue weighted by Crippen LogP contribution is 2.38. The molecule has 304 valence electrons. The van der Waals surface area contributed by atoms with Crippen LogP contribution in [0.15, 0.2) is 109 Å². The number of benzene rings is 4. The third-order valence-corrected chi connectivity index (χ3v) is 17.8. The smallest absolute Gasteiger partial charge is 0.319 e. The molecule has 1 unspecified atom stereocenters. The Kier molecular flexibility index (Phi) is 16.4. The van der Waals surface area contributed by atoms with Crippen LogP contribution in [0.2, 0.25) is 5.04 Å². The highest BCUT2D eigenvalue weighted by Gasteiger charge is 2.52. The number of aliphatic hydroxyl groups is 1. The zero-order chi connectivity index (χ0) is 39.9. The molecule has 5 rings (SSSR count). The van der Waals surface area contributed by atoms with Crippen LogP contribution in [0.1, 0.15) is 84.6 Å². The molecular weight excluding hydrogens is 735 g/mol. The summed E-state index contributed by atoms with van der Waals surface area (Å²) < 4.78 is 40.4. The Hall–Kier alpha value is -3.67. The van der Waals surface area contributed by atoms with E-state index in [1.165, 1.54) is 35.2 Å². The van der Waals surface area contributed by atoms with Crippen LogP contribution in [0, 0.1) is 0 Å². The fraction of sp³-hybridized carbons (Fsp3) is 0.478. The molecule has 0 amide bonds. The molecule has 4 aromatic rings. The molecule has 0 spiro atoms. The van der Waals surface area contributed by atoms with Crippen LogP contribution in [-0.2, 0) is 16.4 Å². The maximum absolute atomic E-state index is 12.8. The topological polar surface area (TPSA) is 100 Å². The SMILES string of the molecule is CCCCCCCCS(=O)(=O)N1CCC(Nc2ccc(CCNCC(O)COc3ccc(O[Si](c4ccccc4)(c4ccccc4)C(C)(C)C)cc3)cc2)CC1. The summed E-state index contributed by atoms with van der Waals surface area (Å²) in [4.78, 5) is 0. The number of sulfonamides is 1. The van der Waals surface area contributed by atoms with Crippen molar-refractivity contribution < 1.29 is 22.7 Å². The molecule has 1 aliphatic heterocycles. The van der Waals surface area contributed by atoms with Gasteiger partial charge >= 0.3 is 8.32 Å². The summed E-state index contributed by atoms with van der Waals surface area (Å²) in [7, 11) is -5.89. The van der Waals surface area contributed by atoms with Crippen LogP contribution in [0.5, 0.6) is 11.5 Å². The lowest BCUT2D eigenvalue weighted by Crippen LogP contribution is -2.68. The van der Waals surface area contributed by atoms with Gasteiger partial charge < -0.3 is 24.9 Å². The molecule has 1 heterocycles. The molecule has 56 heavy (non-hydrogen) atoms. The first-order chi connectivity index (χ1) is 27.0. The Morgan fingerprint density at radius 2 is 1.36 bits per heavy atom. The van der Waals surface area contributed by atoms with Gasteiger partial charge in [0.05, 0.1) is 5.75 Å². The molecule has 0 radical (unpaired) electrons. The van der Waals surface area contributed by atoms with Gasteiger partial charge in [-0.3, -0.25) is 0 Å². The van der Waals surface area contributed by atoms with E-state index in [4.69, 9.17) is 9.16 Å². The van der Waals surface area contributed by atoms with Gasteiger partial charge in [-0.15, -0.1) is 0 Å². The van der Waals surface area contributed by atoms with Crippen molar-refractivity contribution in [3.63, 3.8) is 0 Å².